The average Bonchev–Trinajstić information content (AvgIpc) is 2.87. The predicted octanol–water partition coefficient (Wildman–Crippen LogP) is 3.27. The minimum Gasteiger partial charge on any atom is -0.324 e. The lowest BCUT2D eigenvalue weighted by Crippen LogP contribution is -2.38. The van der Waals surface area contributed by atoms with Crippen LogP contribution in [0.2, 0.25) is 5.02 Å². The van der Waals surface area contributed by atoms with E-state index in [0.717, 1.165) is 22.3 Å². The summed E-state index contributed by atoms with van der Waals surface area (Å²) >= 11 is 6.04. The van der Waals surface area contributed by atoms with Crippen LogP contribution in [0.5, 0.6) is 0 Å². The van der Waals surface area contributed by atoms with Gasteiger partial charge in [0.25, 0.3) is 10.2 Å². The predicted molar refractivity (Wildman–Crippen MR) is 112 cm³/mol. The maximum Gasteiger partial charge on any atom is 0.282 e. The standard InChI is InChI=1S/C20H24ClN3O3S/c1-14-10-15(2)17(16(3)11-14)12-23-8-9-24(28(23,26)27)13-20(25)22-19-7-5-4-6-18(19)21/h4-7,10-11H,8-9,12-13H2,1-3H3,(H,22,25). The summed E-state index contributed by atoms with van der Waals surface area (Å²) in [6.45, 7) is 6.71. The zero-order valence-corrected chi connectivity index (χ0v) is 17.8. The number of carbonyl (C=O) groups excluding carboxylic acids is 1. The van der Waals surface area contributed by atoms with Crippen molar-refractivity contribution in [3.05, 3.63) is 63.7 Å². The zero-order chi connectivity index (χ0) is 20.5. The average molecular weight is 422 g/mol. The Morgan fingerprint density at radius 1 is 1.07 bits per heavy atom. The highest BCUT2D eigenvalue weighted by Gasteiger charge is 2.37. The molecule has 1 amide bonds. The number of rotatable bonds is 5. The van der Waals surface area contributed by atoms with E-state index >= 15 is 0 Å². The lowest BCUT2D eigenvalue weighted by molar-refractivity contribution is -0.116. The van der Waals surface area contributed by atoms with Crippen LogP contribution in [0, 0.1) is 20.8 Å². The number of nitrogens with one attached hydrogen (secondary N) is 1. The van der Waals surface area contributed by atoms with Gasteiger partial charge in [0.1, 0.15) is 0 Å². The maximum atomic E-state index is 12.9. The number of hydrogen-bond acceptors (Lipinski definition) is 3. The van der Waals surface area contributed by atoms with Crippen molar-refractivity contribution in [2.24, 2.45) is 0 Å². The van der Waals surface area contributed by atoms with Crippen molar-refractivity contribution in [3.63, 3.8) is 0 Å². The summed E-state index contributed by atoms with van der Waals surface area (Å²) in [5, 5.41) is 3.08. The number of anilines is 1. The van der Waals surface area contributed by atoms with Crippen LogP contribution >= 0.6 is 11.6 Å². The fourth-order valence-electron chi connectivity index (χ4n) is 3.49. The molecule has 1 aliphatic rings. The van der Waals surface area contributed by atoms with Crippen LogP contribution < -0.4 is 5.32 Å². The van der Waals surface area contributed by atoms with E-state index in [1.54, 1.807) is 24.3 Å². The molecule has 1 aliphatic heterocycles. The molecule has 0 aliphatic carbocycles. The zero-order valence-electron chi connectivity index (χ0n) is 16.2. The van der Waals surface area contributed by atoms with Crippen LogP contribution in [-0.4, -0.2) is 42.6 Å². The highest BCUT2D eigenvalue weighted by atomic mass is 35.5. The third-order valence-electron chi connectivity index (χ3n) is 4.89. The quantitative estimate of drug-likeness (QED) is 0.805. The Morgan fingerprint density at radius 2 is 1.68 bits per heavy atom. The number of carbonyl (C=O) groups is 1. The summed E-state index contributed by atoms with van der Waals surface area (Å²) in [5.74, 6) is -0.416. The van der Waals surface area contributed by atoms with Gasteiger partial charge in [-0.1, -0.05) is 41.4 Å². The Hall–Kier alpha value is -1.93. The minimum absolute atomic E-state index is 0.240. The molecule has 3 rings (SSSR count). The SMILES string of the molecule is Cc1cc(C)c(CN2CCN(CC(=O)Nc3ccccc3Cl)S2(=O)=O)c(C)c1. The van der Waals surface area contributed by atoms with Gasteiger partial charge >= 0.3 is 0 Å². The van der Waals surface area contributed by atoms with Gasteiger partial charge in [0, 0.05) is 19.6 Å². The molecule has 1 saturated heterocycles. The molecule has 1 fully saturated rings. The number of benzene rings is 2. The molecule has 0 unspecified atom stereocenters. The van der Waals surface area contributed by atoms with E-state index in [2.05, 4.69) is 17.4 Å². The second-order valence-electron chi connectivity index (χ2n) is 7.08. The molecule has 6 nitrogen and oxygen atoms in total. The van der Waals surface area contributed by atoms with E-state index in [0.29, 0.717) is 23.8 Å². The van der Waals surface area contributed by atoms with Crippen molar-refractivity contribution >= 4 is 33.4 Å². The second-order valence-corrected chi connectivity index (χ2v) is 9.42. The van der Waals surface area contributed by atoms with Gasteiger partial charge in [-0.2, -0.15) is 17.0 Å². The van der Waals surface area contributed by atoms with E-state index in [1.807, 2.05) is 20.8 Å². The number of halogens is 1. The highest BCUT2D eigenvalue weighted by Crippen LogP contribution is 2.25. The summed E-state index contributed by atoms with van der Waals surface area (Å²) in [7, 11) is -3.69. The van der Waals surface area contributed by atoms with Gasteiger partial charge in [-0.05, 0) is 49.6 Å². The number of para-hydroxylation sites is 1. The Balaban J connectivity index is 1.70. The molecular formula is C20H24ClN3O3S. The molecule has 8 heteroatoms. The van der Waals surface area contributed by atoms with Crippen molar-refractivity contribution in [1.82, 2.24) is 8.61 Å². The molecule has 0 atom stereocenters. The Kier molecular flexibility index (Phi) is 6.09. The summed E-state index contributed by atoms with van der Waals surface area (Å²) in [6, 6.07) is 11.0. The Bertz CT molecular complexity index is 985. The summed E-state index contributed by atoms with van der Waals surface area (Å²) in [4.78, 5) is 12.3. The van der Waals surface area contributed by atoms with E-state index < -0.39 is 16.1 Å². The van der Waals surface area contributed by atoms with E-state index in [-0.39, 0.29) is 13.1 Å². The summed E-state index contributed by atoms with van der Waals surface area (Å²) < 4.78 is 28.4. The van der Waals surface area contributed by atoms with Crippen LogP contribution in [0.4, 0.5) is 5.69 Å². The molecule has 28 heavy (non-hydrogen) atoms. The van der Waals surface area contributed by atoms with Crippen LogP contribution in [-0.2, 0) is 21.5 Å². The number of nitrogens with zero attached hydrogens (tertiary/aromatic N) is 2. The molecule has 150 valence electrons. The van der Waals surface area contributed by atoms with Gasteiger partial charge in [0.15, 0.2) is 0 Å². The molecule has 0 saturated carbocycles. The van der Waals surface area contributed by atoms with Crippen LogP contribution in [0.1, 0.15) is 22.3 Å². The molecule has 0 bridgehead atoms. The van der Waals surface area contributed by atoms with Crippen molar-refractivity contribution in [2.45, 2.75) is 27.3 Å². The second kappa shape index (κ2) is 8.21. The molecule has 1 N–H and O–H groups in total. The number of aryl methyl sites for hydroxylation is 3. The number of amides is 1. The Morgan fingerprint density at radius 3 is 2.32 bits per heavy atom. The lowest BCUT2D eigenvalue weighted by atomic mass is 10.00. The number of hydrogen-bond donors (Lipinski definition) is 1. The van der Waals surface area contributed by atoms with E-state index in [4.69, 9.17) is 11.6 Å². The van der Waals surface area contributed by atoms with Crippen molar-refractivity contribution < 1.29 is 13.2 Å². The van der Waals surface area contributed by atoms with Gasteiger partial charge in [-0.15, -0.1) is 0 Å². The van der Waals surface area contributed by atoms with E-state index in [1.165, 1.54) is 8.61 Å². The molecule has 2 aromatic rings. The Labute approximate surface area is 171 Å². The van der Waals surface area contributed by atoms with Gasteiger partial charge in [-0.3, -0.25) is 4.79 Å². The molecule has 2 aromatic carbocycles. The van der Waals surface area contributed by atoms with Gasteiger partial charge in [0.05, 0.1) is 17.3 Å². The van der Waals surface area contributed by atoms with Crippen molar-refractivity contribution in [3.8, 4) is 0 Å². The molecule has 0 radical (unpaired) electrons. The lowest BCUT2D eigenvalue weighted by Gasteiger charge is -2.20. The molecule has 0 spiro atoms. The summed E-state index contributed by atoms with van der Waals surface area (Å²) in [6.07, 6.45) is 0. The van der Waals surface area contributed by atoms with Crippen molar-refractivity contribution in [1.29, 1.82) is 0 Å². The van der Waals surface area contributed by atoms with Crippen LogP contribution in [0.25, 0.3) is 0 Å². The van der Waals surface area contributed by atoms with Gasteiger partial charge in [0.2, 0.25) is 5.91 Å². The van der Waals surface area contributed by atoms with Gasteiger partial charge in [-0.25, -0.2) is 0 Å². The fourth-order valence-corrected chi connectivity index (χ4v) is 5.19. The third-order valence-corrected chi connectivity index (χ3v) is 7.15. The highest BCUT2D eigenvalue weighted by molar-refractivity contribution is 7.87. The topological polar surface area (TPSA) is 69.7 Å². The normalized spacial score (nSPS) is 17.0. The molecule has 0 aromatic heterocycles. The maximum absolute atomic E-state index is 12.9. The smallest absolute Gasteiger partial charge is 0.282 e. The first kappa shape index (κ1) is 20.8. The third kappa shape index (κ3) is 4.38. The van der Waals surface area contributed by atoms with E-state index in [9.17, 15) is 13.2 Å². The largest absolute Gasteiger partial charge is 0.324 e. The first-order valence-corrected chi connectivity index (χ1v) is 10.8. The minimum atomic E-state index is -3.69. The summed E-state index contributed by atoms with van der Waals surface area (Å²) in [5.41, 5.74) is 4.77. The first-order chi connectivity index (χ1) is 13.2. The molecular weight excluding hydrogens is 398 g/mol. The van der Waals surface area contributed by atoms with Crippen LogP contribution in [0.3, 0.4) is 0 Å². The van der Waals surface area contributed by atoms with Crippen molar-refractivity contribution in [2.75, 3.05) is 25.0 Å². The fraction of sp³-hybridized carbons (Fsp3) is 0.350. The van der Waals surface area contributed by atoms with Gasteiger partial charge < -0.3 is 5.32 Å². The van der Waals surface area contributed by atoms with Crippen LogP contribution in [0.15, 0.2) is 36.4 Å². The monoisotopic (exact) mass is 421 g/mol. The molecule has 1 heterocycles. The first-order valence-electron chi connectivity index (χ1n) is 9.05.